The van der Waals surface area contributed by atoms with Crippen LogP contribution in [-0.4, -0.2) is 29.0 Å². The van der Waals surface area contributed by atoms with Crippen molar-refractivity contribution in [3.05, 3.63) is 17.7 Å². The Balaban J connectivity index is 2.07. The zero-order chi connectivity index (χ0) is 14.5. The molecule has 0 spiro atoms. The van der Waals surface area contributed by atoms with Crippen LogP contribution in [-0.2, 0) is 0 Å². The quantitative estimate of drug-likeness (QED) is 0.803. The number of hydrogen-bond donors (Lipinski definition) is 2. The van der Waals surface area contributed by atoms with Crippen molar-refractivity contribution < 1.29 is 4.79 Å². The molecule has 0 unspecified atom stereocenters. The molecule has 0 bridgehead atoms. The van der Waals surface area contributed by atoms with Gasteiger partial charge in [-0.1, -0.05) is 26.7 Å². The van der Waals surface area contributed by atoms with E-state index in [4.69, 9.17) is 0 Å². The molecule has 1 aromatic heterocycles. The minimum absolute atomic E-state index is 0.106. The van der Waals surface area contributed by atoms with Crippen molar-refractivity contribution in [1.82, 2.24) is 15.3 Å². The van der Waals surface area contributed by atoms with Crippen molar-refractivity contribution in [2.45, 2.75) is 46.0 Å². The number of rotatable bonds is 7. The normalized spacial score (nSPS) is 14.4. The lowest BCUT2D eigenvalue weighted by atomic mass is 10.2. The highest BCUT2D eigenvalue weighted by Crippen LogP contribution is 2.31. The molecule has 110 valence electrons. The number of carbonyl (C=O) groups is 1. The molecule has 5 nitrogen and oxygen atoms in total. The fourth-order valence-corrected chi connectivity index (χ4v) is 2.05. The van der Waals surface area contributed by atoms with Gasteiger partial charge < -0.3 is 10.6 Å². The number of hydrogen-bond acceptors (Lipinski definition) is 4. The molecule has 1 aliphatic carbocycles. The molecule has 1 amide bonds. The van der Waals surface area contributed by atoms with Gasteiger partial charge in [-0.2, -0.15) is 0 Å². The monoisotopic (exact) mass is 276 g/mol. The van der Waals surface area contributed by atoms with Gasteiger partial charge in [0.1, 0.15) is 5.82 Å². The first-order valence-corrected chi connectivity index (χ1v) is 7.50. The fourth-order valence-electron chi connectivity index (χ4n) is 2.05. The first-order chi connectivity index (χ1) is 9.61. The van der Waals surface area contributed by atoms with Gasteiger partial charge in [0, 0.05) is 19.0 Å². The van der Waals surface area contributed by atoms with Crippen LogP contribution in [0.1, 0.15) is 62.3 Å². The molecule has 1 aromatic rings. The van der Waals surface area contributed by atoms with Crippen LogP contribution >= 0.6 is 0 Å². The molecular weight excluding hydrogens is 252 g/mol. The molecule has 5 heteroatoms. The van der Waals surface area contributed by atoms with Gasteiger partial charge in [-0.3, -0.25) is 4.79 Å². The van der Waals surface area contributed by atoms with Crippen molar-refractivity contribution >= 4 is 11.6 Å². The fraction of sp³-hybridized carbons (Fsp3) is 0.667. The van der Waals surface area contributed by atoms with Crippen molar-refractivity contribution in [1.29, 1.82) is 0 Å². The summed E-state index contributed by atoms with van der Waals surface area (Å²) < 4.78 is 0. The van der Waals surface area contributed by atoms with Crippen LogP contribution in [0.25, 0.3) is 0 Å². The van der Waals surface area contributed by atoms with E-state index < -0.39 is 0 Å². The average Bonchev–Trinajstić information content (AvgIpc) is 3.23. The minimum atomic E-state index is -0.106. The highest BCUT2D eigenvalue weighted by molar-refractivity contribution is 5.97. The van der Waals surface area contributed by atoms with Gasteiger partial charge in [0.2, 0.25) is 0 Å². The first-order valence-electron chi connectivity index (χ1n) is 7.50. The molecule has 2 N–H and O–H groups in total. The number of amides is 1. The van der Waals surface area contributed by atoms with Gasteiger partial charge in [0.15, 0.2) is 5.69 Å². The van der Waals surface area contributed by atoms with E-state index in [-0.39, 0.29) is 11.8 Å². The van der Waals surface area contributed by atoms with E-state index in [1.807, 2.05) is 20.8 Å². The Bertz CT molecular complexity index is 469. The molecular formula is C15H24N4O. The van der Waals surface area contributed by atoms with Gasteiger partial charge in [0.25, 0.3) is 5.91 Å². The van der Waals surface area contributed by atoms with Crippen LogP contribution in [0.2, 0.25) is 0 Å². The summed E-state index contributed by atoms with van der Waals surface area (Å²) in [5.74, 6) is 1.63. The second kappa shape index (κ2) is 6.68. The Morgan fingerprint density at radius 3 is 2.80 bits per heavy atom. The smallest absolute Gasteiger partial charge is 0.272 e. The third-order valence-electron chi connectivity index (χ3n) is 3.44. The summed E-state index contributed by atoms with van der Waals surface area (Å²) in [6.45, 7) is 7.52. The Kier molecular flexibility index (Phi) is 4.93. The molecule has 0 aromatic carbocycles. The molecule has 0 saturated heterocycles. The van der Waals surface area contributed by atoms with Crippen LogP contribution in [0.3, 0.4) is 0 Å². The number of nitrogens with zero attached hydrogens (tertiary/aromatic N) is 2. The van der Waals surface area contributed by atoms with Crippen molar-refractivity contribution in [3.8, 4) is 0 Å². The highest BCUT2D eigenvalue weighted by Gasteiger charge is 2.21. The topological polar surface area (TPSA) is 66.9 Å². The number of aromatic nitrogens is 2. The standard InChI is InChI=1S/C15H24N4O/c1-4-16-12-9-18-14(10(2)3)19-13(12)15(20)17-8-7-11-5-6-11/h9-11,16H,4-8H2,1-3H3,(H,17,20). The molecule has 0 atom stereocenters. The molecule has 20 heavy (non-hydrogen) atoms. The predicted octanol–water partition coefficient (Wildman–Crippen LogP) is 2.56. The summed E-state index contributed by atoms with van der Waals surface area (Å²) in [4.78, 5) is 21.0. The first kappa shape index (κ1) is 14.8. The Morgan fingerprint density at radius 1 is 1.45 bits per heavy atom. The third-order valence-corrected chi connectivity index (χ3v) is 3.44. The number of anilines is 1. The zero-order valence-corrected chi connectivity index (χ0v) is 12.6. The number of carbonyl (C=O) groups excluding carboxylic acids is 1. The van der Waals surface area contributed by atoms with Crippen LogP contribution in [0.15, 0.2) is 6.20 Å². The lowest BCUT2D eigenvalue weighted by molar-refractivity contribution is 0.0948. The largest absolute Gasteiger partial charge is 0.382 e. The Labute approximate surface area is 120 Å². The lowest BCUT2D eigenvalue weighted by Gasteiger charge is -2.12. The minimum Gasteiger partial charge on any atom is -0.382 e. The molecule has 2 rings (SSSR count). The van der Waals surface area contributed by atoms with E-state index in [1.54, 1.807) is 6.20 Å². The van der Waals surface area contributed by atoms with Crippen LogP contribution < -0.4 is 10.6 Å². The second-order valence-corrected chi connectivity index (χ2v) is 5.66. The summed E-state index contributed by atoms with van der Waals surface area (Å²) in [5, 5.41) is 6.11. The molecule has 0 aliphatic heterocycles. The molecule has 1 heterocycles. The van der Waals surface area contributed by atoms with E-state index in [1.165, 1.54) is 12.8 Å². The van der Waals surface area contributed by atoms with Crippen LogP contribution in [0.5, 0.6) is 0 Å². The highest BCUT2D eigenvalue weighted by atomic mass is 16.1. The Morgan fingerprint density at radius 2 is 2.20 bits per heavy atom. The molecule has 1 aliphatic rings. The maximum atomic E-state index is 12.3. The van der Waals surface area contributed by atoms with Gasteiger partial charge in [-0.25, -0.2) is 9.97 Å². The summed E-state index contributed by atoms with van der Waals surface area (Å²) in [6.07, 6.45) is 5.40. The van der Waals surface area contributed by atoms with E-state index >= 15 is 0 Å². The van der Waals surface area contributed by atoms with Crippen LogP contribution in [0, 0.1) is 5.92 Å². The van der Waals surface area contributed by atoms with Gasteiger partial charge >= 0.3 is 0 Å². The molecule has 1 fully saturated rings. The van der Waals surface area contributed by atoms with E-state index in [2.05, 4.69) is 20.6 Å². The second-order valence-electron chi connectivity index (χ2n) is 5.66. The van der Waals surface area contributed by atoms with Crippen molar-refractivity contribution in [2.24, 2.45) is 5.92 Å². The maximum Gasteiger partial charge on any atom is 0.272 e. The maximum absolute atomic E-state index is 12.3. The van der Waals surface area contributed by atoms with Gasteiger partial charge in [0.05, 0.1) is 11.9 Å². The average molecular weight is 276 g/mol. The Hall–Kier alpha value is -1.65. The summed E-state index contributed by atoms with van der Waals surface area (Å²) in [6, 6.07) is 0. The van der Waals surface area contributed by atoms with E-state index in [0.717, 1.165) is 25.4 Å². The van der Waals surface area contributed by atoms with Crippen molar-refractivity contribution in [2.75, 3.05) is 18.4 Å². The molecule has 1 saturated carbocycles. The van der Waals surface area contributed by atoms with Crippen molar-refractivity contribution in [3.63, 3.8) is 0 Å². The number of nitrogens with one attached hydrogen (secondary N) is 2. The SMILES string of the molecule is CCNc1cnc(C(C)C)nc1C(=O)NCCC1CC1. The lowest BCUT2D eigenvalue weighted by Crippen LogP contribution is -2.27. The predicted molar refractivity (Wildman–Crippen MR) is 80.0 cm³/mol. The van der Waals surface area contributed by atoms with Crippen LogP contribution in [0.4, 0.5) is 5.69 Å². The summed E-state index contributed by atoms with van der Waals surface area (Å²) in [7, 11) is 0. The van der Waals surface area contributed by atoms with Gasteiger partial charge in [-0.15, -0.1) is 0 Å². The molecule has 0 radical (unpaired) electrons. The van der Waals surface area contributed by atoms with E-state index in [0.29, 0.717) is 17.2 Å². The zero-order valence-electron chi connectivity index (χ0n) is 12.6. The van der Waals surface area contributed by atoms with E-state index in [9.17, 15) is 4.79 Å². The summed E-state index contributed by atoms with van der Waals surface area (Å²) in [5.41, 5.74) is 1.17. The van der Waals surface area contributed by atoms with Gasteiger partial charge in [-0.05, 0) is 19.3 Å². The summed E-state index contributed by atoms with van der Waals surface area (Å²) >= 11 is 0. The third kappa shape index (κ3) is 3.92.